The molecule has 0 amide bonds. The Balaban J connectivity index is 2.99. The molecule has 3 heteroatoms. The lowest BCUT2D eigenvalue weighted by atomic mass is 10.2. The van der Waals surface area contributed by atoms with E-state index < -0.39 is 0 Å². The van der Waals surface area contributed by atoms with Crippen LogP contribution in [-0.4, -0.2) is 16.5 Å². The highest BCUT2D eigenvalue weighted by Gasteiger charge is 1.97. The van der Waals surface area contributed by atoms with Crippen molar-refractivity contribution in [3.05, 3.63) is 42.8 Å². The average Bonchev–Trinajstić information content (AvgIpc) is 2.17. The molecule has 1 aromatic heterocycles. The maximum absolute atomic E-state index is 10.2. The van der Waals surface area contributed by atoms with Crippen LogP contribution in [-0.2, 0) is 0 Å². The zero-order valence-electron chi connectivity index (χ0n) is 6.53. The number of nitrogens with zero attached hydrogens (tertiary/aromatic N) is 2. The average molecular weight is 160 g/mol. The van der Waals surface area contributed by atoms with Crippen LogP contribution >= 0.6 is 0 Å². The fourth-order valence-electron chi connectivity index (χ4n) is 0.681. The van der Waals surface area contributed by atoms with Gasteiger partial charge in [-0.05, 0) is 17.7 Å². The molecular formula is C9H8N2O. The molecule has 0 bridgehead atoms. The Hall–Kier alpha value is -1.77. The minimum atomic E-state index is 0.315. The van der Waals surface area contributed by atoms with Gasteiger partial charge in [-0.25, -0.2) is 0 Å². The SMILES string of the molecule is C=CC(=C)c1ccc(C=O)nn1. The molecule has 0 aromatic carbocycles. The molecule has 0 saturated heterocycles. The van der Waals surface area contributed by atoms with E-state index in [1.807, 2.05) is 0 Å². The molecule has 1 aromatic rings. The molecule has 0 aliphatic heterocycles. The molecule has 3 nitrogen and oxygen atoms in total. The second-order valence-corrected chi connectivity index (χ2v) is 2.19. The van der Waals surface area contributed by atoms with Gasteiger partial charge in [-0.1, -0.05) is 19.2 Å². The van der Waals surface area contributed by atoms with Gasteiger partial charge in [0.05, 0.1) is 5.69 Å². The van der Waals surface area contributed by atoms with Crippen molar-refractivity contribution in [2.45, 2.75) is 0 Å². The molecule has 0 atom stereocenters. The van der Waals surface area contributed by atoms with Crippen LogP contribution in [0.15, 0.2) is 31.4 Å². The fraction of sp³-hybridized carbons (Fsp3) is 0. The third-order valence-electron chi connectivity index (χ3n) is 1.38. The van der Waals surface area contributed by atoms with Gasteiger partial charge in [0.2, 0.25) is 0 Å². The van der Waals surface area contributed by atoms with Crippen LogP contribution in [0.4, 0.5) is 0 Å². The van der Waals surface area contributed by atoms with Gasteiger partial charge in [0.25, 0.3) is 0 Å². The van der Waals surface area contributed by atoms with Crippen molar-refractivity contribution in [3.8, 4) is 0 Å². The molecule has 60 valence electrons. The van der Waals surface area contributed by atoms with E-state index >= 15 is 0 Å². The van der Waals surface area contributed by atoms with E-state index in [0.717, 1.165) is 0 Å². The second-order valence-electron chi connectivity index (χ2n) is 2.19. The van der Waals surface area contributed by atoms with Crippen LogP contribution in [0.2, 0.25) is 0 Å². The number of aromatic nitrogens is 2. The van der Waals surface area contributed by atoms with Gasteiger partial charge in [0, 0.05) is 0 Å². The molecular weight excluding hydrogens is 152 g/mol. The van der Waals surface area contributed by atoms with Gasteiger partial charge in [-0.15, -0.1) is 10.2 Å². The Morgan fingerprint density at radius 3 is 2.58 bits per heavy atom. The van der Waals surface area contributed by atoms with Gasteiger partial charge in [0.15, 0.2) is 6.29 Å². The monoisotopic (exact) mass is 160 g/mol. The minimum Gasteiger partial charge on any atom is -0.296 e. The van der Waals surface area contributed by atoms with Crippen molar-refractivity contribution in [1.82, 2.24) is 10.2 Å². The first-order valence-corrected chi connectivity index (χ1v) is 3.38. The molecule has 0 spiro atoms. The lowest BCUT2D eigenvalue weighted by molar-refractivity contribution is 0.111. The lowest BCUT2D eigenvalue weighted by Crippen LogP contribution is -1.93. The molecule has 0 radical (unpaired) electrons. The number of carbonyl (C=O) groups is 1. The van der Waals surface area contributed by atoms with E-state index in [1.165, 1.54) is 0 Å². The standard InChI is InChI=1S/C9H8N2O/c1-3-7(2)9-5-4-8(6-12)10-11-9/h3-6H,1-2H2. The van der Waals surface area contributed by atoms with Crippen LogP contribution in [0.5, 0.6) is 0 Å². The summed E-state index contributed by atoms with van der Waals surface area (Å²) in [5.74, 6) is 0. The summed E-state index contributed by atoms with van der Waals surface area (Å²) in [6.07, 6.45) is 2.23. The predicted octanol–water partition coefficient (Wildman–Crippen LogP) is 1.49. The van der Waals surface area contributed by atoms with Gasteiger partial charge in [-0.2, -0.15) is 0 Å². The maximum atomic E-state index is 10.2. The van der Waals surface area contributed by atoms with Crippen LogP contribution < -0.4 is 0 Å². The summed E-state index contributed by atoms with van der Waals surface area (Å²) in [6, 6.07) is 3.27. The molecule has 0 unspecified atom stereocenters. The number of hydrogen-bond donors (Lipinski definition) is 0. The Labute approximate surface area is 70.4 Å². The summed E-state index contributed by atoms with van der Waals surface area (Å²) in [7, 11) is 0. The fourth-order valence-corrected chi connectivity index (χ4v) is 0.681. The van der Waals surface area contributed by atoms with E-state index in [1.54, 1.807) is 18.2 Å². The Morgan fingerprint density at radius 2 is 2.17 bits per heavy atom. The molecule has 1 rings (SSSR count). The van der Waals surface area contributed by atoms with E-state index in [-0.39, 0.29) is 0 Å². The highest BCUT2D eigenvalue weighted by molar-refractivity contribution is 5.73. The summed E-state index contributed by atoms with van der Waals surface area (Å²) in [4.78, 5) is 10.2. The van der Waals surface area contributed by atoms with Crippen LogP contribution in [0.3, 0.4) is 0 Å². The van der Waals surface area contributed by atoms with Gasteiger partial charge < -0.3 is 0 Å². The van der Waals surface area contributed by atoms with E-state index in [2.05, 4.69) is 23.4 Å². The predicted molar refractivity (Wildman–Crippen MR) is 46.7 cm³/mol. The normalized spacial score (nSPS) is 9.00. The summed E-state index contributed by atoms with van der Waals surface area (Å²) < 4.78 is 0. The van der Waals surface area contributed by atoms with Crippen molar-refractivity contribution in [1.29, 1.82) is 0 Å². The van der Waals surface area contributed by atoms with E-state index in [9.17, 15) is 4.79 Å². The third-order valence-corrected chi connectivity index (χ3v) is 1.38. The molecule has 12 heavy (non-hydrogen) atoms. The zero-order chi connectivity index (χ0) is 8.97. The van der Waals surface area contributed by atoms with E-state index in [4.69, 9.17) is 0 Å². The first-order chi connectivity index (χ1) is 5.77. The smallest absolute Gasteiger partial charge is 0.170 e. The first kappa shape index (κ1) is 8.33. The van der Waals surface area contributed by atoms with Crippen molar-refractivity contribution in [2.75, 3.05) is 0 Å². The van der Waals surface area contributed by atoms with Gasteiger partial charge in [-0.3, -0.25) is 4.79 Å². The van der Waals surface area contributed by atoms with Crippen LogP contribution in [0, 0.1) is 0 Å². The quantitative estimate of drug-likeness (QED) is 0.497. The number of carbonyl (C=O) groups excluding carboxylic acids is 1. The van der Waals surface area contributed by atoms with E-state index in [0.29, 0.717) is 23.2 Å². The van der Waals surface area contributed by atoms with Gasteiger partial charge in [0.1, 0.15) is 5.69 Å². The number of rotatable bonds is 3. The number of aldehydes is 1. The topological polar surface area (TPSA) is 42.9 Å². The summed E-state index contributed by atoms with van der Waals surface area (Å²) in [6.45, 7) is 7.23. The molecule has 0 saturated carbocycles. The van der Waals surface area contributed by atoms with Crippen molar-refractivity contribution >= 4 is 11.9 Å². The van der Waals surface area contributed by atoms with Gasteiger partial charge >= 0.3 is 0 Å². The second kappa shape index (κ2) is 3.57. The Morgan fingerprint density at radius 1 is 1.42 bits per heavy atom. The Kier molecular flexibility index (Phi) is 2.48. The van der Waals surface area contributed by atoms with Crippen molar-refractivity contribution in [2.24, 2.45) is 0 Å². The molecule has 0 fully saturated rings. The maximum Gasteiger partial charge on any atom is 0.170 e. The number of hydrogen-bond acceptors (Lipinski definition) is 3. The summed E-state index contributed by atoms with van der Waals surface area (Å²) in [5.41, 5.74) is 1.64. The highest BCUT2D eigenvalue weighted by atomic mass is 16.1. The summed E-state index contributed by atoms with van der Waals surface area (Å²) >= 11 is 0. The van der Waals surface area contributed by atoms with Crippen LogP contribution in [0.25, 0.3) is 5.57 Å². The Bertz CT molecular complexity index is 314. The van der Waals surface area contributed by atoms with Crippen LogP contribution in [0.1, 0.15) is 16.2 Å². The summed E-state index contributed by atoms with van der Waals surface area (Å²) in [5, 5.41) is 7.41. The van der Waals surface area contributed by atoms with Crippen molar-refractivity contribution in [3.63, 3.8) is 0 Å². The highest BCUT2D eigenvalue weighted by Crippen LogP contribution is 2.07. The lowest BCUT2D eigenvalue weighted by Gasteiger charge is -1.96. The molecule has 1 heterocycles. The van der Waals surface area contributed by atoms with Crippen molar-refractivity contribution < 1.29 is 4.79 Å². The third kappa shape index (κ3) is 1.63. The molecule has 0 aliphatic carbocycles. The largest absolute Gasteiger partial charge is 0.296 e. The first-order valence-electron chi connectivity index (χ1n) is 3.38. The molecule has 0 aliphatic rings. The minimum absolute atomic E-state index is 0.315. The number of allylic oxidation sites excluding steroid dienone is 2. The zero-order valence-corrected chi connectivity index (χ0v) is 6.53. The molecule has 0 N–H and O–H groups in total.